The molecular formula is C19H33NO. The van der Waals surface area contributed by atoms with Gasteiger partial charge in [0.25, 0.3) is 0 Å². The Labute approximate surface area is 131 Å². The monoisotopic (exact) mass is 291 g/mol. The van der Waals surface area contributed by atoms with Crippen LogP contribution in [0, 0.1) is 23.2 Å². The summed E-state index contributed by atoms with van der Waals surface area (Å²) in [5, 5.41) is 0. The van der Waals surface area contributed by atoms with Crippen molar-refractivity contribution >= 4 is 5.91 Å². The summed E-state index contributed by atoms with van der Waals surface area (Å²) < 4.78 is 0. The Kier molecular flexibility index (Phi) is 5.51. The highest BCUT2D eigenvalue weighted by Crippen LogP contribution is 2.55. The highest BCUT2D eigenvalue weighted by atomic mass is 16.2. The molecule has 0 N–H and O–H groups in total. The van der Waals surface area contributed by atoms with E-state index in [1.165, 1.54) is 19.3 Å². The molecule has 2 aliphatic rings. The van der Waals surface area contributed by atoms with E-state index >= 15 is 0 Å². The number of amides is 1. The van der Waals surface area contributed by atoms with Gasteiger partial charge in [0.15, 0.2) is 0 Å². The summed E-state index contributed by atoms with van der Waals surface area (Å²) in [6.45, 7) is 10.9. The van der Waals surface area contributed by atoms with Crippen LogP contribution in [0.2, 0.25) is 0 Å². The van der Waals surface area contributed by atoms with Gasteiger partial charge in [0.2, 0.25) is 5.91 Å². The van der Waals surface area contributed by atoms with Crippen LogP contribution >= 0.6 is 0 Å². The molecule has 0 aliphatic heterocycles. The van der Waals surface area contributed by atoms with Crippen LogP contribution in [0.4, 0.5) is 0 Å². The van der Waals surface area contributed by atoms with Crippen LogP contribution < -0.4 is 0 Å². The number of hydrogen-bond acceptors (Lipinski definition) is 1. The molecule has 0 saturated heterocycles. The molecule has 0 aromatic carbocycles. The van der Waals surface area contributed by atoms with Gasteiger partial charge in [-0.05, 0) is 55.8 Å². The second kappa shape index (κ2) is 6.98. The van der Waals surface area contributed by atoms with Crippen LogP contribution in [0.15, 0.2) is 12.2 Å². The van der Waals surface area contributed by atoms with Gasteiger partial charge in [-0.1, -0.05) is 39.8 Å². The lowest BCUT2D eigenvalue weighted by atomic mass is 10.0. The van der Waals surface area contributed by atoms with E-state index in [-0.39, 0.29) is 0 Å². The van der Waals surface area contributed by atoms with Crippen molar-refractivity contribution in [2.75, 3.05) is 13.1 Å². The van der Waals surface area contributed by atoms with Gasteiger partial charge in [-0.2, -0.15) is 0 Å². The first-order valence-electron chi connectivity index (χ1n) is 8.90. The first kappa shape index (κ1) is 16.6. The van der Waals surface area contributed by atoms with Crippen LogP contribution in [0.25, 0.3) is 0 Å². The molecule has 0 aromatic rings. The largest absolute Gasteiger partial charge is 0.342 e. The molecule has 2 atom stereocenters. The summed E-state index contributed by atoms with van der Waals surface area (Å²) in [4.78, 5) is 14.7. The molecule has 2 saturated carbocycles. The third kappa shape index (κ3) is 4.86. The molecule has 0 spiro atoms. The number of rotatable bonds is 9. The van der Waals surface area contributed by atoms with Gasteiger partial charge >= 0.3 is 0 Å². The van der Waals surface area contributed by atoms with Crippen LogP contribution in [-0.2, 0) is 4.79 Å². The molecule has 2 nitrogen and oxygen atoms in total. The smallest absolute Gasteiger partial charge is 0.225 e. The Hall–Kier alpha value is -0.790. The second-order valence-electron chi connectivity index (χ2n) is 7.90. The first-order valence-corrected chi connectivity index (χ1v) is 8.90. The number of nitrogens with zero attached hydrogens (tertiary/aromatic N) is 1. The Balaban J connectivity index is 1.82. The second-order valence-corrected chi connectivity index (χ2v) is 7.90. The molecular weight excluding hydrogens is 258 g/mol. The van der Waals surface area contributed by atoms with Crippen molar-refractivity contribution in [1.82, 2.24) is 4.90 Å². The molecule has 120 valence electrons. The summed E-state index contributed by atoms with van der Waals surface area (Å²) in [6, 6.07) is 0. The van der Waals surface area contributed by atoms with E-state index in [0.29, 0.717) is 23.2 Å². The lowest BCUT2D eigenvalue weighted by Gasteiger charge is -2.28. The van der Waals surface area contributed by atoms with Crippen LogP contribution in [0.1, 0.15) is 66.2 Å². The lowest BCUT2D eigenvalue weighted by Crippen LogP contribution is -2.39. The topological polar surface area (TPSA) is 20.3 Å². The molecule has 2 rings (SSSR count). The molecule has 1 amide bonds. The van der Waals surface area contributed by atoms with E-state index in [9.17, 15) is 4.79 Å². The Bertz CT molecular complexity index is 383. The molecule has 21 heavy (non-hydrogen) atoms. The van der Waals surface area contributed by atoms with E-state index in [2.05, 4.69) is 44.7 Å². The maximum atomic E-state index is 12.5. The fraction of sp³-hybridized carbons (Fsp3) is 0.842. The van der Waals surface area contributed by atoms with Crippen molar-refractivity contribution < 1.29 is 4.79 Å². The van der Waals surface area contributed by atoms with Crippen molar-refractivity contribution in [3.63, 3.8) is 0 Å². The zero-order valence-electron chi connectivity index (χ0n) is 14.4. The number of carbonyl (C=O) groups excluding carboxylic acids is 1. The van der Waals surface area contributed by atoms with E-state index in [0.717, 1.165) is 38.3 Å². The Morgan fingerprint density at radius 1 is 1.33 bits per heavy atom. The van der Waals surface area contributed by atoms with Crippen molar-refractivity contribution in [3.8, 4) is 0 Å². The third-order valence-corrected chi connectivity index (χ3v) is 5.00. The number of hydrogen-bond donors (Lipinski definition) is 0. The zero-order valence-corrected chi connectivity index (χ0v) is 14.4. The van der Waals surface area contributed by atoms with Gasteiger partial charge in [-0.15, -0.1) is 0 Å². The highest BCUT2D eigenvalue weighted by Gasteiger charge is 2.51. The average Bonchev–Trinajstić information content (AvgIpc) is 3.30. The van der Waals surface area contributed by atoms with Crippen molar-refractivity contribution in [3.05, 3.63) is 12.2 Å². The van der Waals surface area contributed by atoms with Gasteiger partial charge in [0.05, 0.1) is 0 Å². The fourth-order valence-corrected chi connectivity index (χ4v) is 3.43. The summed E-state index contributed by atoms with van der Waals surface area (Å²) in [5.74, 6) is 2.18. The van der Waals surface area contributed by atoms with E-state index in [1.54, 1.807) is 0 Å². The summed E-state index contributed by atoms with van der Waals surface area (Å²) in [5.41, 5.74) is 0.388. The van der Waals surface area contributed by atoms with Crippen LogP contribution in [-0.4, -0.2) is 23.9 Å². The molecule has 0 aromatic heterocycles. The maximum Gasteiger partial charge on any atom is 0.225 e. The van der Waals surface area contributed by atoms with Gasteiger partial charge in [0, 0.05) is 19.0 Å². The minimum absolute atomic E-state index is 0.358. The molecule has 2 fully saturated rings. The van der Waals surface area contributed by atoms with E-state index in [1.807, 2.05) is 0 Å². The van der Waals surface area contributed by atoms with Crippen molar-refractivity contribution in [1.29, 1.82) is 0 Å². The van der Waals surface area contributed by atoms with Crippen LogP contribution in [0.3, 0.4) is 0 Å². The summed E-state index contributed by atoms with van der Waals surface area (Å²) in [7, 11) is 0. The number of allylic oxidation sites excluding steroid dienone is 2. The molecule has 0 heterocycles. The molecule has 0 bridgehead atoms. The minimum Gasteiger partial charge on any atom is -0.342 e. The standard InChI is InChI=1S/C19H33NO/c1-5-6-7-8-9-17-12-19(17,4)14-20(13-15(2)3)18(21)16-10-11-16/h6-7,15-17H,5,8-14H2,1-4H3. The molecule has 0 radical (unpaired) electrons. The predicted molar refractivity (Wildman–Crippen MR) is 89.0 cm³/mol. The normalized spacial score (nSPS) is 28.3. The number of carbonyl (C=O) groups is 1. The van der Waals surface area contributed by atoms with Crippen LogP contribution in [0.5, 0.6) is 0 Å². The SMILES string of the molecule is CCC=CCCC1CC1(C)CN(CC(C)C)C(=O)C1CC1. The van der Waals surface area contributed by atoms with Crippen molar-refractivity contribution in [2.45, 2.75) is 66.2 Å². The van der Waals surface area contributed by atoms with Gasteiger partial charge in [0.1, 0.15) is 0 Å². The molecule has 2 heteroatoms. The molecule has 2 unspecified atom stereocenters. The quantitative estimate of drug-likeness (QED) is 0.566. The lowest BCUT2D eigenvalue weighted by molar-refractivity contribution is -0.134. The zero-order chi connectivity index (χ0) is 15.5. The minimum atomic E-state index is 0.358. The maximum absolute atomic E-state index is 12.5. The fourth-order valence-electron chi connectivity index (χ4n) is 3.43. The van der Waals surface area contributed by atoms with E-state index in [4.69, 9.17) is 0 Å². The highest BCUT2D eigenvalue weighted by molar-refractivity contribution is 5.81. The van der Waals surface area contributed by atoms with E-state index < -0.39 is 0 Å². The third-order valence-electron chi connectivity index (χ3n) is 5.00. The van der Waals surface area contributed by atoms with Gasteiger partial charge < -0.3 is 4.90 Å². The first-order chi connectivity index (χ1) is 9.96. The van der Waals surface area contributed by atoms with Gasteiger partial charge in [-0.25, -0.2) is 0 Å². The Morgan fingerprint density at radius 2 is 2.05 bits per heavy atom. The van der Waals surface area contributed by atoms with Crippen molar-refractivity contribution in [2.24, 2.45) is 23.2 Å². The van der Waals surface area contributed by atoms with Gasteiger partial charge in [-0.3, -0.25) is 4.79 Å². The molecule has 2 aliphatic carbocycles. The Morgan fingerprint density at radius 3 is 2.62 bits per heavy atom. The predicted octanol–water partition coefficient (Wildman–Crippen LogP) is 4.65. The summed E-state index contributed by atoms with van der Waals surface area (Å²) in [6.07, 6.45) is 11.8. The average molecular weight is 291 g/mol. The summed E-state index contributed by atoms with van der Waals surface area (Å²) >= 11 is 0.